The van der Waals surface area contributed by atoms with Gasteiger partial charge in [-0.1, -0.05) is 6.07 Å². The lowest BCUT2D eigenvalue weighted by Crippen LogP contribution is -2.13. The van der Waals surface area contributed by atoms with Crippen molar-refractivity contribution in [1.82, 2.24) is 0 Å². The number of nitrogens with zero attached hydrogens (tertiary/aromatic N) is 1. The van der Waals surface area contributed by atoms with E-state index in [0.29, 0.717) is 5.56 Å². The summed E-state index contributed by atoms with van der Waals surface area (Å²) in [7, 11) is 0. The Morgan fingerprint density at radius 2 is 2.00 bits per heavy atom. The molecule has 0 saturated carbocycles. The van der Waals surface area contributed by atoms with Crippen molar-refractivity contribution in [3.8, 4) is 6.07 Å². The van der Waals surface area contributed by atoms with E-state index in [9.17, 15) is 14.7 Å². The van der Waals surface area contributed by atoms with E-state index in [-0.39, 0.29) is 24.0 Å². The van der Waals surface area contributed by atoms with Gasteiger partial charge in [0.05, 0.1) is 11.6 Å². The molecule has 0 saturated heterocycles. The summed E-state index contributed by atoms with van der Waals surface area (Å²) in [6, 6.07) is 6.01. The summed E-state index contributed by atoms with van der Waals surface area (Å²) in [5.74, 6) is -2.46. The Balaban J connectivity index is 3.12. The normalized spacial score (nSPS) is 11.6. The molecule has 0 aliphatic carbocycles. The molecule has 1 aromatic carbocycles. The van der Waals surface area contributed by atoms with Crippen molar-refractivity contribution < 1.29 is 24.9 Å². The molecular weight excluding hydrogens is 238 g/mol. The minimum atomic E-state index is -1.76. The van der Waals surface area contributed by atoms with E-state index in [4.69, 9.17) is 15.5 Å². The number of rotatable bonds is 5. The molecule has 1 aromatic rings. The molecule has 3 N–H and O–H groups in total. The van der Waals surface area contributed by atoms with Gasteiger partial charge in [0, 0.05) is 6.42 Å². The van der Waals surface area contributed by atoms with Gasteiger partial charge in [0.2, 0.25) is 0 Å². The van der Waals surface area contributed by atoms with Crippen LogP contribution in [-0.4, -0.2) is 27.3 Å². The van der Waals surface area contributed by atoms with Gasteiger partial charge in [-0.05, 0) is 29.7 Å². The van der Waals surface area contributed by atoms with Gasteiger partial charge in [-0.2, -0.15) is 5.26 Å². The number of hydrogen-bond donors (Lipinski definition) is 3. The summed E-state index contributed by atoms with van der Waals surface area (Å²) in [6.45, 7) is 0. The second kappa shape index (κ2) is 5.80. The van der Waals surface area contributed by atoms with E-state index in [1.807, 2.05) is 6.07 Å². The highest BCUT2D eigenvalue weighted by atomic mass is 16.4. The average Bonchev–Trinajstić information content (AvgIpc) is 2.35. The van der Waals surface area contributed by atoms with E-state index in [1.54, 1.807) is 0 Å². The van der Waals surface area contributed by atoms with Crippen LogP contribution in [-0.2, 0) is 16.0 Å². The Hall–Kier alpha value is -2.39. The standard InChI is InChI=1S/C12H11NO5/c13-6-7-1-2-8(3-4-10(14)15)9(5-7)11(16)12(17)18/h1-2,5,11,16H,3-4H2,(H,14,15)(H,17,18). The molecule has 0 aromatic heterocycles. The number of aliphatic hydroxyl groups excluding tert-OH is 1. The Kier molecular flexibility index (Phi) is 4.40. The fraction of sp³-hybridized carbons (Fsp3) is 0.250. The molecule has 0 fully saturated rings. The summed E-state index contributed by atoms with van der Waals surface area (Å²) in [5.41, 5.74) is 0.679. The fourth-order valence-electron chi connectivity index (χ4n) is 1.52. The molecule has 1 atom stereocenters. The first-order valence-electron chi connectivity index (χ1n) is 5.11. The molecule has 0 amide bonds. The zero-order valence-corrected chi connectivity index (χ0v) is 9.33. The summed E-state index contributed by atoms with van der Waals surface area (Å²) in [5, 5.41) is 35.6. The first-order chi connectivity index (χ1) is 8.45. The van der Waals surface area contributed by atoms with Gasteiger partial charge in [-0.15, -0.1) is 0 Å². The maximum Gasteiger partial charge on any atom is 0.337 e. The van der Waals surface area contributed by atoms with Gasteiger partial charge in [0.25, 0.3) is 0 Å². The topological polar surface area (TPSA) is 119 Å². The molecule has 1 rings (SSSR count). The van der Waals surface area contributed by atoms with Crippen LogP contribution >= 0.6 is 0 Å². The lowest BCUT2D eigenvalue weighted by molar-refractivity contribution is -0.147. The summed E-state index contributed by atoms with van der Waals surface area (Å²) >= 11 is 0. The SMILES string of the molecule is N#Cc1ccc(CCC(=O)O)c(C(O)C(=O)O)c1. The van der Waals surface area contributed by atoms with E-state index >= 15 is 0 Å². The van der Waals surface area contributed by atoms with E-state index in [2.05, 4.69) is 0 Å². The number of aliphatic hydroxyl groups is 1. The van der Waals surface area contributed by atoms with E-state index in [0.717, 1.165) is 0 Å². The number of carboxylic acids is 2. The number of aliphatic carboxylic acids is 2. The predicted octanol–water partition coefficient (Wildman–Crippen LogP) is 0.693. The van der Waals surface area contributed by atoms with E-state index < -0.39 is 18.0 Å². The molecule has 18 heavy (non-hydrogen) atoms. The molecule has 0 spiro atoms. The van der Waals surface area contributed by atoms with Gasteiger partial charge >= 0.3 is 11.9 Å². The van der Waals surface area contributed by atoms with Crippen LogP contribution in [0.1, 0.15) is 29.2 Å². The second-order valence-electron chi connectivity index (χ2n) is 3.66. The number of benzene rings is 1. The van der Waals surface area contributed by atoms with Crippen molar-refractivity contribution in [2.24, 2.45) is 0 Å². The number of hydrogen-bond acceptors (Lipinski definition) is 4. The van der Waals surface area contributed by atoms with Gasteiger partial charge in [-0.25, -0.2) is 4.79 Å². The Bertz CT molecular complexity index is 518. The molecule has 6 nitrogen and oxygen atoms in total. The highest BCUT2D eigenvalue weighted by molar-refractivity contribution is 5.75. The zero-order valence-electron chi connectivity index (χ0n) is 9.33. The molecule has 1 unspecified atom stereocenters. The number of carboxylic acid groups (broad SMARTS) is 2. The van der Waals surface area contributed by atoms with Crippen molar-refractivity contribution in [3.05, 3.63) is 34.9 Å². The van der Waals surface area contributed by atoms with Crippen molar-refractivity contribution >= 4 is 11.9 Å². The van der Waals surface area contributed by atoms with Gasteiger partial charge in [0.15, 0.2) is 6.10 Å². The highest BCUT2D eigenvalue weighted by Gasteiger charge is 2.20. The maximum absolute atomic E-state index is 10.7. The van der Waals surface area contributed by atoms with Crippen LogP contribution in [0.4, 0.5) is 0 Å². The molecular formula is C12H11NO5. The van der Waals surface area contributed by atoms with Gasteiger partial charge in [-0.3, -0.25) is 4.79 Å². The van der Waals surface area contributed by atoms with Crippen LogP contribution in [0.15, 0.2) is 18.2 Å². The minimum Gasteiger partial charge on any atom is -0.481 e. The molecule has 0 aliphatic rings. The Morgan fingerprint density at radius 1 is 1.33 bits per heavy atom. The first kappa shape index (κ1) is 13.7. The zero-order chi connectivity index (χ0) is 13.7. The molecule has 94 valence electrons. The smallest absolute Gasteiger partial charge is 0.337 e. The highest BCUT2D eigenvalue weighted by Crippen LogP contribution is 2.21. The Labute approximate surface area is 103 Å². The van der Waals surface area contributed by atoms with Gasteiger partial charge < -0.3 is 15.3 Å². The summed E-state index contributed by atoms with van der Waals surface area (Å²) in [4.78, 5) is 21.2. The van der Waals surface area contributed by atoms with Crippen LogP contribution in [0.5, 0.6) is 0 Å². The maximum atomic E-state index is 10.7. The van der Waals surface area contributed by atoms with Crippen LogP contribution in [0.2, 0.25) is 0 Å². The largest absolute Gasteiger partial charge is 0.481 e. The predicted molar refractivity (Wildman–Crippen MR) is 59.7 cm³/mol. The van der Waals surface area contributed by atoms with Gasteiger partial charge in [0.1, 0.15) is 0 Å². The number of carbonyl (C=O) groups is 2. The van der Waals surface area contributed by atoms with Crippen molar-refractivity contribution in [2.45, 2.75) is 18.9 Å². The van der Waals surface area contributed by atoms with Crippen molar-refractivity contribution in [1.29, 1.82) is 5.26 Å². The number of aryl methyl sites for hydroxylation is 1. The average molecular weight is 249 g/mol. The van der Waals surface area contributed by atoms with E-state index in [1.165, 1.54) is 18.2 Å². The third-order valence-corrected chi connectivity index (χ3v) is 2.41. The third-order valence-electron chi connectivity index (χ3n) is 2.41. The minimum absolute atomic E-state index is 0.0581. The van der Waals surface area contributed by atoms with Crippen LogP contribution in [0.25, 0.3) is 0 Å². The summed E-state index contributed by atoms with van der Waals surface area (Å²) in [6.07, 6.45) is -1.84. The van der Waals surface area contributed by atoms with Crippen molar-refractivity contribution in [3.63, 3.8) is 0 Å². The van der Waals surface area contributed by atoms with Crippen molar-refractivity contribution in [2.75, 3.05) is 0 Å². The lowest BCUT2D eigenvalue weighted by Gasteiger charge is -2.12. The molecule has 0 radical (unpaired) electrons. The monoisotopic (exact) mass is 249 g/mol. The van der Waals surface area contributed by atoms with Crippen LogP contribution < -0.4 is 0 Å². The summed E-state index contributed by atoms with van der Waals surface area (Å²) < 4.78 is 0. The first-order valence-corrected chi connectivity index (χ1v) is 5.11. The number of nitriles is 1. The molecule has 0 bridgehead atoms. The Morgan fingerprint density at radius 3 is 2.50 bits per heavy atom. The second-order valence-corrected chi connectivity index (χ2v) is 3.66. The third kappa shape index (κ3) is 3.30. The molecule has 0 aliphatic heterocycles. The molecule has 6 heteroatoms. The lowest BCUT2D eigenvalue weighted by atomic mass is 9.96. The molecule has 0 heterocycles. The fourth-order valence-corrected chi connectivity index (χ4v) is 1.52. The van der Waals surface area contributed by atoms with Crippen LogP contribution in [0, 0.1) is 11.3 Å². The van der Waals surface area contributed by atoms with Crippen LogP contribution in [0.3, 0.4) is 0 Å². The quantitative estimate of drug-likeness (QED) is 0.706.